The van der Waals surface area contributed by atoms with Crippen LogP contribution < -0.4 is 10.6 Å². The van der Waals surface area contributed by atoms with E-state index in [2.05, 4.69) is 0 Å². The van der Waals surface area contributed by atoms with Crippen LogP contribution in [0.5, 0.6) is 0 Å². The van der Waals surface area contributed by atoms with Crippen molar-refractivity contribution in [3.63, 3.8) is 0 Å². The molecule has 0 aliphatic carbocycles. The molecule has 0 saturated carbocycles. The molecule has 1 heterocycles. The molecule has 1 amide bonds. The van der Waals surface area contributed by atoms with E-state index in [4.69, 9.17) is 16.0 Å². The highest BCUT2D eigenvalue weighted by molar-refractivity contribution is 7.79. The largest absolute Gasteiger partial charge is 0.467 e. The van der Waals surface area contributed by atoms with Gasteiger partial charge in [-0.3, -0.25) is 4.79 Å². The molecule has 4 nitrogen and oxygen atoms in total. The maximum absolute atomic E-state index is 15.1. The summed E-state index contributed by atoms with van der Waals surface area (Å²) in [6, 6.07) is 29.0. The number of furan rings is 1. The molecule has 0 unspecified atom stereocenters. The molecule has 32 heavy (non-hydrogen) atoms. The number of halogens is 1. The zero-order chi connectivity index (χ0) is 22.6. The summed E-state index contributed by atoms with van der Waals surface area (Å²) < 4.78 is 20.9. The van der Waals surface area contributed by atoms with E-state index in [0.29, 0.717) is 33.5 Å². The molecule has 0 bridgehead atoms. The van der Waals surface area contributed by atoms with E-state index >= 15 is 4.57 Å². The van der Waals surface area contributed by atoms with Crippen molar-refractivity contribution in [3.05, 3.63) is 120 Å². The summed E-state index contributed by atoms with van der Waals surface area (Å²) >= 11 is 6.36. The smallest absolute Gasteiger partial charge is 0.256 e. The second-order valence-corrected chi connectivity index (χ2v) is 10.5. The van der Waals surface area contributed by atoms with Crippen LogP contribution in [0.25, 0.3) is 0 Å². The second kappa shape index (κ2) is 9.60. The van der Waals surface area contributed by atoms with Crippen LogP contribution in [0.2, 0.25) is 5.02 Å². The highest BCUT2D eigenvalue weighted by atomic mass is 35.5. The van der Waals surface area contributed by atoms with Crippen molar-refractivity contribution >= 4 is 35.3 Å². The number of carbonyl (C=O) groups excluding carboxylic acids is 1. The van der Waals surface area contributed by atoms with Gasteiger partial charge in [0.1, 0.15) is 5.76 Å². The van der Waals surface area contributed by atoms with Crippen LogP contribution in [-0.4, -0.2) is 17.4 Å². The molecule has 3 aromatic carbocycles. The molecular formula is C26H23ClNO3P. The third-order valence-electron chi connectivity index (χ3n) is 5.42. The number of benzene rings is 3. The van der Waals surface area contributed by atoms with Gasteiger partial charge in [0.05, 0.1) is 16.8 Å². The molecule has 6 heteroatoms. The van der Waals surface area contributed by atoms with Crippen molar-refractivity contribution in [2.75, 3.05) is 6.54 Å². The van der Waals surface area contributed by atoms with Gasteiger partial charge in [-0.1, -0.05) is 84.4 Å². The fourth-order valence-electron chi connectivity index (χ4n) is 3.91. The van der Waals surface area contributed by atoms with Crippen molar-refractivity contribution in [1.82, 2.24) is 4.90 Å². The maximum Gasteiger partial charge on any atom is 0.256 e. The fourth-order valence-corrected chi connectivity index (χ4v) is 7.39. The summed E-state index contributed by atoms with van der Waals surface area (Å²) in [6.07, 6.45) is 1.54. The summed E-state index contributed by atoms with van der Waals surface area (Å²) in [4.78, 5) is 15.3. The minimum atomic E-state index is -3.42. The normalized spacial score (nSPS) is 12.3. The van der Waals surface area contributed by atoms with Gasteiger partial charge in [-0.2, -0.15) is 0 Å². The Balaban J connectivity index is 1.96. The minimum Gasteiger partial charge on any atom is -0.467 e. The second-order valence-electron chi connectivity index (χ2n) is 7.29. The number of hydrogen-bond donors (Lipinski definition) is 0. The van der Waals surface area contributed by atoms with E-state index in [-0.39, 0.29) is 5.91 Å². The van der Waals surface area contributed by atoms with E-state index in [0.717, 1.165) is 0 Å². The Kier molecular flexibility index (Phi) is 6.64. The van der Waals surface area contributed by atoms with Gasteiger partial charge in [0.15, 0.2) is 12.9 Å². The van der Waals surface area contributed by atoms with Crippen molar-refractivity contribution < 1.29 is 13.8 Å². The SMILES string of the molecule is CCN(C(=O)c1ccccc1Cl)[C@H](c1ccco1)P(=O)(c1ccccc1)c1ccccc1. The quantitative estimate of drug-likeness (QED) is 0.311. The average Bonchev–Trinajstić information content (AvgIpc) is 3.37. The van der Waals surface area contributed by atoms with Crippen LogP contribution in [0, 0.1) is 0 Å². The fraction of sp³-hybridized carbons (Fsp3) is 0.115. The molecule has 4 aromatic rings. The standard InChI is InChI=1S/C26H23ClNO3P/c1-2-28(25(29)22-16-9-10-17-23(22)27)26(24-18-11-19-31-24)32(30,20-12-5-3-6-13-20)21-14-7-4-8-15-21/h3-19,26H,2H2,1H3/t26-/m0/s1. The topological polar surface area (TPSA) is 50.5 Å². The molecule has 0 radical (unpaired) electrons. The first-order valence-corrected chi connectivity index (χ1v) is 12.5. The molecule has 0 aliphatic heterocycles. The van der Waals surface area contributed by atoms with Gasteiger partial charge in [0.25, 0.3) is 5.91 Å². The Morgan fingerprint density at radius 3 is 1.94 bits per heavy atom. The molecule has 0 N–H and O–H groups in total. The van der Waals surface area contributed by atoms with E-state index in [1.807, 2.05) is 67.6 Å². The maximum atomic E-state index is 15.1. The third kappa shape index (κ3) is 4.04. The van der Waals surface area contributed by atoms with Crippen LogP contribution in [0.3, 0.4) is 0 Å². The molecule has 4 rings (SSSR count). The Labute approximate surface area is 192 Å². The lowest BCUT2D eigenvalue weighted by atomic mass is 10.2. The number of amides is 1. The number of nitrogens with zero attached hydrogens (tertiary/aromatic N) is 1. The van der Waals surface area contributed by atoms with Crippen molar-refractivity contribution in [3.8, 4) is 0 Å². The van der Waals surface area contributed by atoms with Gasteiger partial charge in [0, 0.05) is 17.2 Å². The van der Waals surface area contributed by atoms with Crippen molar-refractivity contribution in [1.29, 1.82) is 0 Å². The summed E-state index contributed by atoms with van der Waals surface area (Å²) in [6.45, 7) is 2.18. The molecular weight excluding hydrogens is 441 g/mol. The Hall–Kier alpha value is -3.07. The number of rotatable bonds is 7. The minimum absolute atomic E-state index is 0.299. The first kappa shape index (κ1) is 22.1. The number of carbonyl (C=O) groups is 1. The molecule has 0 aliphatic rings. The lowest BCUT2D eigenvalue weighted by Gasteiger charge is -2.36. The summed E-state index contributed by atoms with van der Waals surface area (Å²) in [5.74, 6) is -0.675. The van der Waals surface area contributed by atoms with Gasteiger partial charge < -0.3 is 13.9 Å². The first-order chi connectivity index (χ1) is 15.6. The van der Waals surface area contributed by atoms with Crippen LogP contribution in [0.4, 0.5) is 0 Å². The summed E-state index contributed by atoms with van der Waals surface area (Å²) in [5, 5.41) is 1.65. The zero-order valence-electron chi connectivity index (χ0n) is 17.6. The predicted octanol–water partition coefficient (Wildman–Crippen LogP) is 6.11. The van der Waals surface area contributed by atoms with Gasteiger partial charge in [0.2, 0.25) is 0 Å². The van der Waals surface area contributed by atoms with Crippen molar-refractivity contribution in [2.24, 2.45) is 0 Å². The lowest BCUT2D eigenvalue weighted by Crippen LogP contribution is -2.38. The molecule has 162 valence electrons. The van der Waals surface area contributed by atoms with E-state index < -0.39 is 12.9 Å². The first-order valence-electron chi connectivity index (χ1n) is 10.4. The lowest BCUT2D eigenvalue weighted by molar-refractivity contribution is 0.0728. The molecule has 1 aromatic heterocycles. The summed E-state index contributed by atoms with van der Waals surface area (Å²) in [7, 11) is -3.42. The van der Waals surface area contributed by atoms with Gasteiger partial charge in [-0.05, 0) is 31.2 Å². The molecule has 0 fully saturated rings. The zero-order valence-corrected chi connectivity index (χ0v) is 19.2. The molecule has 0 spiro atoms. The third-order valence-corrected chi connectivity index (χ3v) is 9.10. The Morgan fingerprint density at radius 1 is 0.875 bits per heavy atom. The van der Waals surface area contributed by atoms with E-state index in [1.54, 1.807) is 41.3 Å². The monoisotopic (exact) mass is 463 g/mol. The van der Waals surface area contributed by atoms with Crippen LogP contribution in [0.1, 0.15) is 28.8 Å². The Bertz CT molecular complexity index is 1180. The van der Waals surface area contributed by atoms with E-state index in [9.17, 15) is 4.79 Å². The van der Waals surface area contributed by atoms with Gasteiger partial charge in [-0.15, -0.1) is 0 Å². The summed E-state index contributed by atoms with van der Waals surface area (Å²) in [5.41, 5.74) is 0.361. The Morgan fingerprint density at radius 2 is 1.44 bits per heavy atom. The highest BCUT2D eigenvalue weighted by Gasteiger charge is 2.44. The molecule has 0 saturated heterocycles. The van der Waals surface area contributed by atoms with Crippen LogP contribution in [-0.2, 0) is 4.57 Å². The van der Waals surface area contributed by atoms with Gasteiger partial charge in [-0.25, -0.2) is 0 Å². The van der Waals surface area contributed by atoms with Crippen LogP contribution >= 0.6 is 18.7 Å². The van der Waals surface area contributed by atoms with E-state index in [1.165, 1.54) is 6.26 Å². The van der Waals surface area contributed by atoms with Crippen LogP contribution in [0.15, 0.2) is 108 Å². The van der Waals surface area contributed by atoms with Crippen molar-refractivity contribution in [2.45, 2.75) is 12.7 Å². The number of hydrogen-bond acceptors (Lipinski definition) is 3. The highest BCUT2D eigenvalue weighted by Crippen LogP contribution is 2.59. The molecule has 1 atom stereocenters. The average molecular weight is 464 g/mol. The van der Waals surface area contributed by atoms with Gasteiger partial charge >= 0.3 is 0 Å². The predicted molar refractivity (Wildman–Crippen MR) is 129 cm³/mol.